The Morgan fingerprint density at radius 3 is 2.71 bits per heavy atom. The quantitative estimate of drug-likeness (QED) is 0.574. The first-order valence-corrected chi connectivity index (χ1v) is 10.4. The van der Waals surface area contributed by atoms with Gasteiger partial charge in [0, 0.05) is 24.9 Å². The second-order valence-corrected chi connectivity index (χ2v) is 8.41. The highest BCUT2D eigenvalue weighted by molar-refractivity contribution is 7.22. The van der Waals surface area contributed by atoms with Gasteiger partial charge >= 0.3 is 0 Å². The van der Waals surface area contributed by atoms with Crippen molar-refractivity contribution in [1.29, 1.82) is 0 Å². The zero-order valence-electron chi connectivity index (χ0n) is 17.2. The molecular weight excluding hydrogens is 372 g/mol. The third kappa shape index (κ3) is 4.42. The number of aryl methyl sites for hydroxylation is 1. The number of para-hydroxylation sites is 1. The number of fused-ring (bicyclic) bond motifs is 1. The number of anilines is 1. The van der Waals surface area contributed by atoms with Crippen LogP contribution in [0.25, 0.3) is 10.2 Å². The molecule has 0 saturated carbocycles. The third-order valence-electron chi connectivity index (χ3n) is 4.73. The maximum atomic E-state index is 13.2. The van der Waals surface area contributed by atoms with E-state index in [1.54, 1.807) is 12.0 Å². The van der Waals surface area contributed by atoms with Gasteiger partial charge in [0.05, 0.1) is 35.5 Å². The number of carbonyl (C=O) groups is 1. The Labute approximate surface area is 170 Å². The van der Waals surface area contributed by atoms with Crippen molar-refractivity contribution in [2.45, 2.75) is 40.7 Å². The van der Waals surface area contributed by atoms with Crippen molar-refractivity contribution in [2.24, 2.45) is 5.92 Å². The van der Waals surface area contributed by atoms with E-state index < -0.39 is 0 Å². The lowest BCUT2D eigenvalue weighted by Gasteiger charge is -2.19. The van der Waals surface area contributed by atoms with Gasteiger partial charge in [-0.15, -0.1) is 0 Å². The molecule has 0 radical (unpaired) electrons. The van der Waals surface area contributed by atoms with Crippen molar-refractivity contribution in [3.8, 4) is 0 Å². The first-order chi connectivity index (χ1) is 13.4. The Hall–Kier alpha value is -2.25. The summed E-state index contributed by atoms with van der Waals surface area (Å²) in [7, 11) is 1.64. The molecule has 3 aromatic rings. The molecule has 0 aliphatic rings. The van der Waals surface area contributed by atoms with Crippen LogP contribution in [0.3, 0.4) is 0 Å². The fraction of sp³-hybridized carbons (Fsp3) is 0.476. The number of methoxy groups -OCH3 is 1. The number of aromatic nitrogens is 3. The predicted molar refractivity (Wildman–Crippen MR) is 114 cm³/mol. The van der Waals surface area contributed by atoms with Crippen LogP contribution in [0.1, 0.15) is 30.8 Å². The highest BCUT2D eigenvalue weighted by atomic mass is 32.1. The lowest BCUT2D eigenvalue weighted by Crippen LogP contribution is -2.35. The van der Waals surface area contributed by atoms with Gasteiger partial charge in [0.25, 0.3) is 0 Å². The van der Waals surface area contributed by atoms with Crippen LogP contribution in [-0.4, -0.2) is 40.9 Å². The molecule has 0 N–H and O–H groups in total. The number of hydrogen-bond acceptors (Lipinski definition) is 5. The van der Waals surface area contributed by atoms with Gasteiger partial charge in [-0.2, -0.15) is 5.10 Å². The summed E-state index contributed by atoms with van der Waals surface area (Å²) >= 11 is 1.53. The van der Waals surface area contributed by atoms with Gasteiger partial charge in [-0.25, -0.2) is 4.98 Å². The first-order valence-electron chi connectivity index (χ1n) is 9.58. The summed E-state index contributed by atoms with van der Waals surface area (Å²) in [4.78, 5) is 19.6. The number of hydrogen-bond donors (Lipinski definition) is 0. The van der Waals surface area contributed by atoms with Gasteiger partial charge in [-0.1, -0.05) is 37.3 Å². The summed E-state index contributed by atoms with van der Waals surface area (Å²) in [5.41, 5.74) is 3.90. The molecule has 1 aromatic carbocycles. The maximum absolute atomic E-state index is 13.2. The van der Waals surface area contributed by atoms with E-state index in [9.17, 15) is 4.79 Å². The van der Waals surface area contributed by atoms with E-state index in [1.165, 1.54) is 11.3 Å². The molecule has 2 heterocycles. The van der Waals surface area contributed by atoms with E-state index in [0.29, 0.717) is 30.6 Å². The lowest BCUT2D eigenvalue weighted by molar-refractivity contribution is -0.118. The highest BCUT2D eigenvalue weighted by Gasteiger charge is 2.23. The minimum Gasteiger partial charge on any atom is -0.383 e. The minimum atomic E-state index is 0.0198. The number of thiazole rings is 1. The standard InChI is InChI=1S/C21H28N4O2S/c1-14(2)13-25-16(4)17(15(3)23-25)12-20(26)24(10-11-27-5)21-22-18-8-6-7-9-19(18)28-21/h6-9,14H,10-13H2,1-5H3. The molecule has 28 heavy (non-hydrogen) atoms. The van der Waals surface area contributed by atoms with Gasteiger partial charge in [-0.3, -0.25) is 14.4 Å². The Morgan fingerprint density at radius 1 is 1.29 bits per heavy atom. The van der Waals surface area contributed by atoms with Gasteiger partial charge in [0.15, 0.2) is 5.13 Å². The molecule has 0 fully saturated rings. The normalized spacial score (nSPS) is 11.5. The third-order valence-corrected chi connectivity index (χ3v) is 5.79. The van der Waals surface area contributed by atoms with Crippen LogP contribution in [0, 0.1) is 19.8 Å². The molecule has 2 aromatic heterocycles. The predicted octanol–water partition coefficient (Wildman–Crippen LogP) is 3.99. The molecule has 0 unspecified atom stereocenters. The summed E-state index contributed by atoms with van der Waals surface area (Å²) in [5.74, 6) is 0.522. The van der Waals surface area contributed by atoms with E-state index in [-0.39, 0.29) is 5.91 Å². The van der Waals surface area contributed by atoms with E-state index >= 15 is 0 Å². The van der Waals surface area contributed by atoms with Crippen molar-refractivity contribution >= 4 is 32.6 Å². The first kappa shape index (κ1) is 20.5. The second kappa shape index (κ2) is 8.84. The molecule has 0 aliphatic carbocycles. The number of benzene rings is 1. The van der Waals surface area contributed by atoms with Crippen molar-refractivity contribution in [2.75, 3.05) is 25.2 Å². The molecule has 6 nitrogen and oxygen atoms in total. The van der Waals surface area contributed by atoms with Crippen LogP contribution in [0.4, 0.5) is 5.13 Å². The Kier molecular flexibility index (Phi) is 6.46. The van der Waals surface area contributed by atoms with Crippen molar-refractivity contribution in [3.05, 3.63) is 41.2 Å². The molecule has 0 saturated heterocycles. The SMILES string of the molecule is COCCN(C(=O)Cc1c(C)nn(CC(C)C)c1C)c1nc2ccccc2s1. The molecular formula is C21H28N4O2S. The monoisotopic (exact) mass is 400 g/mol. The summed E-state index contributed by atoms with van der Waals surface area (Å²) in [6.07, 6.45) is 0.315. The average Bonchev–Trinajstić information content (AvgIpc) is 3.18. The van der Waals surface area contributed by atoms with Crippen LogP contribution in [0.5, 0.6) is 0 Å². The Bertz CT molecular complexity index is 928. The zero-order chi connectivity index (χ0) is 20.3. The fourth-order valence-electron chi connectivity index (χ4n) is 3.25. The minimum absolute atomic E-state index is 0.0198. The van der Waals surface area contributed by atoms with Crippen molar-refractivity contribution in [3.63, 3.8) is 0 Å². The highest BCUT2D eigenvalue weighted by Crippen LogP contribution is 2.29. The lowest BCUT2D eigenvalue weighted by atomic mass is 10.1. The Balaban J connectivity index is 1.87. The number of carbonyl (C=O) groups excluding carboxylic acids is 1. The van der Waals surface area contributed by atoms with Crippen LogP contribution in [-0.2, 0) is 22.5 Å². The van der Waals surface area contributed by atoms with Gasteiger partial charge in [-0.05, 0) is 31.9 Å². The van der Waals surface area contributed by atoms with Crippen LogP contribution in [0.15, 0.2) is 24.3 Å². The molecule has 0 bridgehead atoms. The van der Waals surface area contributed by atoms with E-state index in [4.69, 9.17) is 4.74 Å². The topological polar surface area (TPSA) is 60.2 Å². The molecule has 0 spiro atoms. The van der Waals surface area contributed by atoms with Crippen molar-refractivity contribution in [1.82, 2.24) is 14.8 Å². The van der Waals surface area contributed by atoms with Crippen LogP contribution in [0.2, 0.25) is 0 Å². The average molecular weight is 401 g/mol. The zero-order valence-corrected chi connectivity index (χ0v) is 18.0. The number of amides is 1. The summed E-state index contributed by atoms with van der Waals surface area (Å²) in [6.45, 7) is 10.2. The largest absolute Gasteiger partial charge is 0.383 e. The van der Waals surface area contributed by atoms with Gasteiger partial charge in [0.1, 0.15) is 0 Å². The molecule has 0 aliphatic heterocycles. The number of nitrogens with zero attached hydrogens (tertiary/aromatic N) is 4. The molecule has 3 rings (SSSR count). The van der Waals surface area contributed by atoms with E-state index in [0.717, 1.165) is 33.7 Å². The molecule has 7 heteroatoms. The molecule has 0 atom stereocenters. The molecule has 1 amide bonds. The van der Waals surface area contributed by atoms with Gasteiger partial charge in [0.2, 0.25) is 5.91 Å². The number of ether oxygens (including phenoxy) is 1. The summed E-state index contributed by atoms with van der Waals surface area (Å²) < 4.78 is 8.32. The van der Waals surface area contributed by atoms with Gasteiger partial charge < -0.3 is 4.74 Å². The second-order valence-electron chi connectivity index (χ2n) is 7.40. The molecule has 150 valence electrons. The van der Waals surface area contributed by atoms with Crippen LogP contribution < -0.4 is 4.90 Å². The summed E-state index contributed by atoms with van der Waals surface area (Å²) in [5, 5.41) is 5.36. The van der Waals surface area contributed by atoms with E-state index in [1.807, 2.05) is 42.8 Å². The van der Waals surface area contributed by atoms with E-state index in [2.05, 4.69) is 23.9 Å². The van der Waals surface area contributed by atoms with Crippen LogP contribution >= 0.6 is 11.3 Å². The maximum Gasteiger partial charge on any atom is 0.233 e. The smallest absolute Gasteiger partial charge is 0.233 e. The van der Waals surface area contributed by atoms with Crippen molar-refractivity contribution < 1.29 is 9.53 Å². The summed E-state index contributed by atoms with van der Waals surface area (Å²) in [6, 6.07) is 7.95. The number of rotatable bonds is 8. The Morgan fingerprint density at radius 2 is 2.04 bits per heavy atom. The fourth-order valence-corrected chi connectivity index (χ4v) is 4.25.